The molecule has 1 aliphatic rings. The summed E-state index contributed by atoms with van der Waals surface area (Å²) in [6, 6.07) is 58.1. The molecule has 4 N–H and O–H groups in total. The van der Waals surface area contributed by atoms with Crippen LogP contribution in [-0.4, -0.2) is 16.4 Å². The lowest BCUT2D eigenvalue weighted by Crippen LogP contribution is -2.16. The molecule has 0 fully saturated rings. The standard InChI is InChI=1S/C42H30N2.C5H6N2/c43-41-28-38(37-23-33(29-13-5-1-6-14-29)21-34(24-37)30-15-7-2-8-16-30)27-40(42(41)44)39-25-35(31-17-9-3-10-18-31)22-36(26-39)32-19-11-4-12-20-32;6-5-1-3-7-4-2-5/h1-28,43-44H;1-4H,(H2,6,7). The quantitative estimate of drug-likeness (QED) is 0.156. The van der Waals surface area contributed by atoms with Gasteiger partial charge in [0.25, 0.3) is 0 Å². The molecular weight excluding hydrogens is 621 g/mol. The first-order valence-electron chi connectivity index (χ1n) is 16.8. The summed E-state index contributed by atoms with van der Waals surface area (Å²) in [6.45, 7) is 0. The number of hydrogen-bond donors (Lipinski definition) is 3. The Morgan fingerprint density at radius 1 is 0.373 bits per heavy atom. The van der Waals surface area contributed by atoms with Gasteiger partial charge in [0.15, 0.2) is 0 Å². The predicted octanol–water partition coefficient (Wildman–Crippen LogP) is 11.5. The summed E-state index contributed by atoms with van der Waals surface area (Å²) in [7, 11) is 0. The zero-order valence-electron chi connectivity index (χ0n) is 28.0. The number of nitrogens with one attached hydrogen (secondary N) is 2. The molecule has 0 aliphatic heterocycles. The highest BCUT2D eigenvalue weighted by Crippen LogP contribution is 2.37. The van der Waals surface area contributed by atoms with E-state index in [4.69, 9.17) is 16.6 Å². The molecule has 0 spiro atoms. The highest BCUT2D eigenvalue weighted by Gasteiger charge is 2.21. The summed E-state index contributed by atoms with van der Waals surface area (Å²) in [6.07, 6.45) is 7.23. The highest BCUT2D eigenvalue weighted by molar-refractivity contribution is 6.61. The van der Waals surface area contributed by atoms with Crippen molar-refractivity contribution in [2.75, 3.05) is 5.73 Å². The summed E-state index contributed by atoms with van der Waals surface area (Å²) in [5.74, 6) is 0. The van der Waals surface area contributed by atoms with Gasteiger partial charge in [-0.1, -0.05) is 121 Å². The molecule has 1 aliphatic carbocycles. The minimum atomic E-state index is 0.204. The first-order valence-corrected chi connectivity index (χ1v) is 16.8. The Bertz CT molecular complexity index is 2250. The number of pyridine rings is 1. The van der Waals surface area contributed by atoms with Crippen molar-refractivity contribution in [3.63, 3.8) is 0 Å². The van der Waals surface area contributed by atoms with Gasteiger partial charge in [0.1, 0.15) is 0 Å². The van der Waals surface area contributed by atoms with Crippen LogP contribution in [0.2, 0.25) is 0 Å². The van der Waals surface area contributed by atoms with Crippen LogP contribution in [0.4, 0.5) is 5.69 Å². The fourth-order valence-corrected chi connectivity index (χ4v) is 6.17. The van der Waals surface area contributed by atoms with Crippen molar-refractivity contribution in [3.05, 3.63) is 206 Å². The highest BCUT2D eigenvalue weighted by atomic mass is 14.6. The summed E-state index contributed by atoms with van der Waals surface area (Å²) in [5.41, 5.74) is 19.0. The number of nitrogens with two attached hydrogens (primary N) is 1. The molecule has 0 radical (unpaired) electrons. The molecule has 0 unspecified atom stereocenters. The summed E-state index contributed by atoms with van der Waals surface area (Å²) < 4.78 is 0. The second-order valence-corrected chi connectivity index (χ2v) is 12.3. The van der Waals surface area contributed by atoms with E-state index in [1.807, 2.05) is 54.6 Å². The van der Waals surface area contributed by atoms with Crippen molar-refractivity contribution in [2.24, 2.45) is 0 Å². The Hall–Kier alpha value is -6.91. The fourth-order valence-electron chi connectivity index (χ4n) is 6.17. The molecule has 4 nitrogen and oxygen atoms in total. The van der Waals surface area contributed by atoms with E-state index in [0.717, 1.165) is 72.5 Å². The van der Waals surface area contributed by atoms with E-state index >= 15 is 0 Å². The third kappa shape index (κ3) is 7.72. The van der Waals surface area contributed by atoms with Gasteiger partial charge < -0.3 is 5.73 Å². The minimum absolute atomic E-state index is 0.204. The van der Waals surface area contributed by atoms with Gasteiger partial charge in [0, 0.05) is 23.7 Å². The molecule has 1 aromatic heterocycles. The van der Waals surface area contributed by atoms with Gasteiger partial charge in [-0.15, -0.1) is 0 Å². The lowest BCUT2D eigenvalue weighted by molar-refractivity contribution is 1.33. The van der Waals surface area contributed by atoms with Crippen molar-refractivity contribution in [1.29, 1.82) is 10.8 Å². The minimum Gasteiger partial charge on any atom is -0.399 e. The van der Waals surface area contributed by atoms with Crippen LogP contribution in [0.5, 0.6) is 0 Å². The average molecular weight is 657 g/mol. The van der Waals surface area contributed by atoms with Gasteiger partial charge in [0.2, 0.25) is 0 Å². The molecule has 8 rings (SSSR count). The van der Waals surface area contributed by atoms with Crippen LogP contribution in [0.1, 0.15) is 11.1 Å². The Morgan fingerprint density at radius 3 is 1.08 bits per heavy atom. The lowest BCUT2D eigenvalue weighted by Gasteiger charge is -2.20. The van der Waals surface area contributed by atoms with Gasteiger partial charge in [-0.25, -0.2) is 0 Å². The molecule has 6 aromatic carbocycles. The van der Waals surface area contributed by atoms with Gasteiger partial charge in [-0.2, -0.15) is 0 Å². The maximum Gasteiger partial charge on any atom is 0.0867 e. The van der Waals surface area contributed by atoms with Crippen molar-refractivity contribution in [2.45, 2.75) is 0 Å². The van der Waals surface area contributed by atoms with Crippen LogP contribution in [0.15, 0.2) is 194 Å². The van der Waals surface area contributed by atoms with Crippen LogP contribution < -0.4 is 5.73 Å². The van der Waals surface area contributed by atoms with Gasteiger partial charge >= 0.3 is 0 Å². The Morgan fingerprint density at radius 2 is 0.725 bits per heavy atom. The molecule has 0 saturated carbocycles. The van der Waals surface area contributed by atoms with Crippen LogP contribution in [0.3, 0.4) is 0 Å². The number of rotatable bonds is 6. The third-order valence-corrected chi connectivity index (χ3v) is 8.78. The number of nitrogen functional groups attached to an aromatic ring is 1. The number of nitrogens with zero attached hydrogens (tertiary/aromatic N) is 1. The van der Waals surface area contributed by atoms with E-state index in [1.54, 1.807) is 24.5 Å². The molecule has 7 aromatic rings. The number of allylic oxidation sites excluding steroid dienone is 4. The Kier molecular flexibility index (Phi) is 9.66. The van der Waals surface area contributed by atoms with E-state index in [9.17, 15) is 0 Å². The number of aromatic nitrogens is 1. The zero-order chi connectivity index (χ0) is 35.0. The number of hydrogen-bond acceptors (Lipinski definition) is 4. The number of benzene rings is 6. The van der Waals surface area contributed by atoms with E-state index in [2.05, 4.69) is 120 Å². The lowest BCUT2D eigenvalue weighted by atomic mass is 9.84. The predicted molar refractivity (Wildman–Crippen MR) is 215 cm³/mol. The molecule has 0 bridgehead atoms. The normalized spacial score (nSPS) is 12.3. The maximum atomic E-state index is 9.01. The van der Waals surface area contributed by atoms with E-state index < -0.39 is 0 Å². The Labute approximate surface area is 299 Å². The van der Waals surface area contributed by atoms with Gasteiger partial charge in [-0.3, -0.25) is 15.8 Å². The fraction of sp³-hybridized carbons (Fsp3) is 0. The molecule has 0 atom stereocenters. The molecule has 0 amide bonds. The smallest absolute Gasteiger partial charge is 0.0867 e. The monoisotopic (exact) mass is 656 g/mol. The first kappa shape index (κ1) is 32.6. The molecule has 244 valence electrons. The maximum absolute atomic E-state index is 9.01. The SMILES string of the molecule is N=C1C=C(c2cc(-c3ccccc3)cc(-c3ccccc3)c2)C=C(c2cc(-c3ccccc3)cc(-c3ccccc3)c2)C1=N.Nc1ccncc1. The van der Waals surface area contributed by atoms with Gasteiger partial charge in [-0.05, 0) is 122 Å². The first-order chi connectivity index (χ1) is 25.0. The summed E-state index contributed by atoms with van der Waals surface area (Å²) >= 11 is 0. The van der Waals surface area contributed by atoms with Crippen molar-refractivity contribution < 1.29 is 0 Å². The van der Waals surface area contributed by atoms with Crippen LogP contribution in [0.25, 0.3) is 55.7 Å². The van der Waals surface area contributed by atoms with Crippen LogP contribution in [0, 0.1) is 10.8 Å². The van der Waals surface area contributed by atoms with E-state index in [-0.39, 0.29) is 11.4 Å². The molecule has 51 heavy (non-hydrogen) atoms. The largest absolute Gasteiger partial charge is 0.399 e. The molecular formula is C47H36N4. The molecule has 4 heteroatoms. The van der Waals surface area contributed by atoms with Crippen LogP contribution in [-0.2, 0) is 0 Å². The third-order valence-electron chi connectivity index (χ3n) is 8.78. The van der Waals surface area contributed by atoms with Crippen LogP contribution >= 0.6 is 0 Å². The molecule has 0 saturated heterocycles. The second kappa shape index (κ2) is 15.1. The second-order valence-electron chi connectivity index (χ2n) is 12.3. The zero-order valence-corrected chi connectivity index (χ0v) is 28.0. The Balaban J connectivity index is 0.000000520. The van der Waals surface area contributed by atoms with Crippen molar-refractivity contribution >= 4 is 28.3 Å². The van der Waals surface area contributed by atoms with Gasteiger partial charge in [0.05, 0.1) is 11.4 Å². The topological polar surface area (TPSA) is 86.6 Å². The van der Waals surface area contributed by atoms with Crippen molar-refractivity contribution in [1.82, 2.24) is 4.98 Å². The van der Waals surface area contributed by atoms with Crippen molar-refractivity contribution in [3.8, 4) is 44.5 Å². The van der Waals surface area contributed by atoms with E-state index in [1.165, 1.54) is 0 Å². The molecule has 1 heterocycles. The average Bonchev–Trinajstić information content (AvgIpc) is 3.20. The summed E-state index contributed by atoms with van der Waals surface area (Å²) in [5, 5.41) is 17.9. The van der Waals surface area contributed by atoms with E-state index in [0.29, 0.717) is 0 Å². The number of anilines is 1. The summed E-state index contributed by atoms with van der Waals surface area (Å²) in [4.78, 5) is 3.77.